The third-order valence-electron chi connectivity index (χ3n) is 4.31. The number of thiophene rings is 1. The van der Waals surface area contributed by atoms with E-state index in [2.05, 4.69) is 36.7 Å². The lowest BCUT2D eigenvalue weighted by Crippen LogP contribution is -2.35. The largest absolute Gasteiger partial charge is 0.396 e. The molecule has 1 saturated carbocycles. The number of rotatable bonds is 7. The molecule has 0 aliphatic heterocycles. The predicted molar refractivity (Wildman–Crippen MR) is 82.5 cm³/mol. The number of hydrogen-bond donors (Lipinski definition) is 2. The SMILES string of the molecule is CC(C)(CCO)CNC(c1cccs1)C1CCCC1. The lowest BCUT2D eigenvalue weighted by atomic mass is 9.88. The van der Waals surface area contributed by atoms with Crippen LogP contribution in [-0.4, -0.2) is 18.3 Å². The number of aliphatic hydroxyl groups is 1. The Morgan fingerprint density at radius 3 is 2.74 bits per heavy atom. The third-order valence-corrected chi connectivity index (χ3v) is 5.27. The van der Waals surface area contributed by atoms with Crippen LogP contribution < -0.4 is 5.32 Å². The van der Waals surface area contributed by atoms with Crippen molar-refractivity contribution in [2.45, 2.75) is 52.0 Å². The van der Waals surface area contributed by atoms with Crippen molar-refractivity contribution in [3.8, 4) is 0 Å². The lowest BCUT2D eigenvalue weighted by Gasteiger charge is -2.30. The minimum absolute atomic E-state index is 0.170. The lowest BCUT2D eigenvalue weighted by molar-refractivity contribution is 0.196. The standard InChI is InChI=1S/C16H27NOS/c1-16(2,9-10-18)12-17-15(13-6-3-4-7-13)14-8-5-11-19-14/h5,8,11,13,15,17-18H,3-4,6-7,9-10,12H2,1-2H3. The molecule has 108 valence electrons. The van der Waals surface area contributed by atoms with Gasteiger partial charge in [0.15, 0.2) is 0 Å². The molecule has 1 heterocycles. The van der Waals surface area contributed by atoms with Gasteiger partial charge in [-0.05, 0) is 42.0 Å². The van der Waals surface area contributed by atoms with Gasteiger partial charge in [-0.1, -0.05) is 32.8 Å². The van der Waals surface area contributed by atoms with Crippen molar-refractivity contribution < 1.29 is 5.11 Å². The van der Waals surface area contributed by atoms with E-state index in [9.17, 15) is 0 Å². The molecule has 19 heavy (non-hydrogen) atoms. The van der Waals surface area contributed by atoms with Crippen LogP contribution in [0.1, 0.15) is 56.9 Å². The zero-order valence-corrected chi connectivity index (χ0v) is 13.0. The molecule has 1 aliphatic carbocycles. The van der Waals surface area contributed by atoms with E-state index in [4.69, 9.17) is 5.11 Å². The van der Waals surface area contributed by atoms with Gasteiger partial charge in [0.05, 0.1) is 0 Å². The summed E-state index contributed by atoms with van der Waals surface area (Å²) in [6.45, 7) is 5.72. The van der Waals surface area contributed by atoms with Crippen molar-refractivity contribution in [1.82, 2.24) is 5.32 Å². The molecule has 0 radical (unpaired) electrons. The maximum Gasteiger partial charge on any atom is 0.0443 e. The number of hydrogen-bond acceptors (Lipinski definition) is 3. The molecular weight excluding hydrogens is 254 g/mol. The Hall–Kier alpha value is -0.380. The second-order valence-corrected chi connectivity index (χ2v) is 7.54. The molecule has 1 atom stereocenters. The van der Waals surface area contributed by atoms with Crippen molar-refractivity contribution in [2.75, 3.05) is 13.2 Å². The first-order chi connectivity index (χ1) is 9.12. The third kappa shape index (κ3) is 4.30. The molecular formula is C16H27NOS. The zero-order chi connectivity index (χ0) is 13.7. The molecule has 1 aromatic rings. The van der Waals surface area contributed by atoms with Crippen LogP contribution in [0.4, 0.5) is 0 Å². The highest BCUT2D eigenvalue weighted by Gasteiger charge is 2.28. The van der Waals surface area contributed by atoms with Crippen LogP contribution >= 0.6 is 11.3 Å². The Labute approximate surface area is 121 Å². The van der Waals surface area contributed by atoms with Gasteiger partial charge in [0.25, 0.3) is 0 Å². The summed E-state index contributed by atoms with van der Waals surface area (Å²) >= 11 is 1.87. The van der Waals surface area contributed by atoms with Crippen LogP contribution in [0.3, 0.4) is 0 Å². The van der Waals surface area contributed by atoms with E-state index in [0.29, 0.717) is 6.04 Å². The Morgan fingerprint density at radius 2 is 2.16 bits per heavy atom. The van der Waals surface area contributed by atoms with Crippen molar-refractivity contribution in [3.63, 3.8) is 0 Å². The Balaban J connectivity index is 1.98. The van der Waals surface area contributed by atoms with E-state index in [0.717, 1.165) is 18.9 Å². The summed E-state index contributed by atoms with van der Waals surface area (Å²) in [5, 5.41) is 15.1. The summed E-state index contributed by atoms with van der Waals surface area (Å²) in [6, 6.07) is 4.93. The number of aliphatic hydroxyl groups excluding tert-OH is 1. The smallest absolute Gasteiger partial charge is 0.0443 e. The molecule has 1 aliphatic rings. The summed E-state index contributed by atoms with van der Waals surface area (Å²) in [4.78, 5) is 1.48. The normalized spacial score (nSPS) is 18.9. The maximum absolute atomic E-state index is 9.14. The fraction of sp³-hybridized carbons (Fsp3) is 0.750. The summed E-state index contributed by atoms with van der Waals surface area (Å²) < 4.78 is 0. The first kappa shape index (κ1) is 15.0. The van der Waals surface area contributed by atoms with E-state index >= 15 is 0 Å². The maximum atomic E-state index is 9.14. The van der Waals surface area contributed by atoms with E-state index in [-0.39, 0.29) is 12.0 Å². The molecule has 0 bridgehead atoms. The Bertz CT molecular complexity index is 355. The summed E-state index contributed by atoms with van der Waals surface area (Å²) in [5.74, 6) is 0.795. The minimum Gasteiger partial charge on any atom is -0.396 e. The molecule has 0 aromatic carbocycles. The summed E-state index contributed by atoms with van der Waals surface area (Å²) in [6.07, 6.45) is 6.34. The average Bonchev–Trinajstić information content (AvgIpc) is 3.01. The Kier molecular flexibility index (Phi) is 5.43. The predicted octanol–water partition coefficient (Wildman–Crippen LogP) is 3.98. The summed E-state index contributed by atoms with van der Waals surface area (Å²) in [7, 11) is 0. The molecule has 0 amide bonds. The van der Waals surface area contributed by atoms with Gasteiger partial charge in [0, 0.05) is 24.1 Å². The second kappa shape index (κ2) is 6.87. The fourth-order valence-electron chi connectivity index (χ4n) is 3.04. The second-order valence-electron chi connectivity index (χ2n) is 6.56. The highest BCUT2D eigenvalue weighted by atomic mass is 32.1. The van der Waals surface area contributed by atoms with Crippen LogP contribution in [0.5, 0.6) is 0 Å². The van der Waals surface area contributed by atoms with Crippen LogP contribution in [0.2, 0.25) is 0 Å². The average molecular weight is 281 g/mol. The van der Waals surface area contributed by atoms with Crippen LogP contribution in [0, 0.1) is 11.3 Å². The minimum atomic E-state index is 0.170. The monoisotopic (exact) mass is 281 g/mol. The van der Waals surface area contributed by atoms with E-state index in [1.165, 1.54) is 30.6 Å². The van der Waals surface area contributed by atoms with Gasteiger partial charge < -0.3 is 10.4 Å². The van der Waals surface area contributed by atoms with Crippen LogP contribution in [0.25, 0.3) is 0 Å². The van der Waals surface area contributed by atoms with E-state index in [1.54, 1.807) is 0 Å². The molecule has 1 aromatic heterocycles. The first-order valence-corrected chi connectivity index (χ1v) is 8.38. The van der Waals surface area contributed by atoms with Crippen molar-refractivity contribution in [1.29, 1.82) is 0 Å². The fourth-order valence-corrected chi connectivity index (χ4v) is 3.93. The molecule has 1 fully saturated rings. The van der Waals surface area contributed by atoms with E-state index in [1.807, 2.05) is 11.3 Å². The van der Waals surface area contributed by atoms with Crippen molar-refractivity contribution in [3.05, 3.63) is 22.4 Å². The Morgan fingerprint density at radius 1 is 1.42 bits per heavy atom. The molecule has 2 nitrogen and oxygen atoms in total. The highest BCUT2D eigenvalue weighted by Crippen LogP contribution is 2.37. The topological polar surface area (TPSA) is 32.3 Å². The molecule has 2 rings (SSSR count). The molecule has 1 unspecified atom stereocenters. The van der Waals surface area contributed by atoms with Gasteiger partial charge in [0.2, 0.25) is 0 Å². The number of nitrogens with one attached hydrogen (secondary N) is 1. The van der Waals surface area contributed by atoms with Gasteiger partial charge in [-0.2, -0.15) is 0 Å². The van der Waals surface area contributed by atoms with Gasteiger partial charge in [-0.15, -0.1) is 11.3 Å². The van der Waals surface area contributed by atoms with Crippen molar-refractivity contribution >= 4 is 11.3 Å². The van der Waals surface area contributed by atoms with Gasteiger partial charge in [-0.3, -0.25) is 0 Å². The van der Waals surface area contributed by atoms with E-state index < -0.39 is 0 Å². The zero-order valence-electron chi connectivity index (χ0n) is 12.2. The molecule has 3 heteroatoms. The van der Waals surface area contributed by atoms with Gasteiger partial charge in [-0.25, -0.2) is 0 Å². The summed E-state index contributed by atoms with van der Waals surface area (Å²) in [5.41, 5.74) is 0.170. The van der Waals surface area contributed by atoms with Crippen molar-refractivity contribution in [2.24, 2.45) is 11.3 Å². The highest BCUT2D eigenvalue weighted by molar-refractivity contribution is 7.10. The van der Waals surface area contributed by atoms with Crippen LogP contribution in [0.15, 0.2) is 17.5 Å². The molecule has 0 saturated heterocycles. The first-order valence-electron chi connectivity index (χ1n) is 7.50. The van der Waals surface area contributed by atoms with Gasteiger partial charge >= 0.3 is 0 Å². The molecule has 0 spiro atoms. The quantitative estimate of drug-likeness (QED) is 0.792. The van der Waals surface area contributed by atoms with Crippen LogP contribution in [-0.2, 0) is 0 Å². The van der Waals surface area contributed by atoms with Gasteiger partial charge in [0.1, 0.15) is 0 Å². The molecule has 2 N–H and O–H groups in total.